The third-order valence-corrected chi connectivity index (χ3v) is 2.18. The lowest BCUT2D eigenvalue weighted by atomic mass is 10.1. The fourth-order valence-electron chi connectivity index (χ4n) is 1.33. The highest BCUT2D eigenvalue weighted by molar-refractivity contribution is 5.35. The lowest BCUT2D eigenvalue weighted by Gasteiger charge is -2.12. The van der Waals surface area contributed by atoms with Crippen LogP contribution in [0.3, 0.4) is 0 Å². The molecule has 0 aromatic heterocycles. The molecule has 1 atom stereocenters. The third kappa shape index (κ3) is 3.30. The van der Waals surface area contributed by atoms with Crippen molar-refractivity contribution in [3.63, 3.8) is 0 Å². The zero-order chi connectivity index (χ0) is 11.3. The predicted octanol–water partition coefficient (Wildman–Crippen LogP) is 1.20. The van der Waals surface area contributed by atoms with E-state index >= 15 is 0 Å². The molecule has 0 saturated heterocycles. The van der Waals surface area contributed by atoms with Gasteiger partial charge in [-0.05, 0) is 12.5 Å². The number of nitrogens with one attached hydrogen (secondary N) is 1. The number of hydrogen-bond donors (Lipinski definition) is 2. The third-order valence-electron chi connectivity index (χ3n) is 2.18. The molecular formula is C10H15N3O2. The molecule has 1 aromatic rings. The number of non-ortho nitro benzene ring substituents is 1. The van der Waals surface area contributed by atoms with Crippen LogP contribution >= 0.6 is 0 Å². The maximum Gasteiger partial charge on any atom is 0.269 e. The monoisotopic (exact) mass is 209 g/mol. The molecule has 0 spiro atoms. The molecule has 0 saturated carbocycles. The van der Waals surface area contributed by atoms with Crippen LogP contribution < -0.4 is 11.1 Å². The van der Waals surface area contributed by atoms with Gasteiger partial charge in [-0.2, -0.15) is 0 Å². The van der Waals surface area contributed by atoms with Crippen LogP contribution in [0.2, 0.25) is 0 Å². The summed E-state index contributed by atoms with van der Waals surface area (Å²) in [7, 11) is 0. The summed E-state index contributed by atoms with van der Waals surface area (Å²) in [6.45, 7) is 3.21. The van der Waals surface area contributed by atoms with Crippen LogP contribution in [0, 0.1) is 10.1 Å². The first kappa shape index (κ1) is 11.6. The van der Waals surface area contributed by atoms with Gasteiger partial charge in [0.25, 0.3) is 5.69 Å². The first-order valence-electron chi connectivity index (χ1n) is 4.83. The van der Waals surface area contributed by atoms with Crippen LogP contribution in [-0.2, 0) is 0 Å². The van der Waals surface area contributed by atoms with E-state index in [1.54, 1.807) is 12.1 Å². The van der Waals surface area contributed by atoms with Crippen molar-refractivity contribution in [1.82, 2.24) is 5.32 Å². The molecule has 82 valence electrons. The van der Waals surface area contributed by atoms with Crippen LogP contribution in [0.5, 0.6) is 0 Å². The van der Waals surface area contributed by atoms with Gasteiger partial charge in [0, 0.05) is 31.3 Å². The molecule has 1 unspecified atom stereocenters. The average molecular weight is 209 g/mol. The number of nitro benzene ring substituents is 1. The first-order valence-corrected chi connectivity index (χ1v) is 4.83. The summed E-state index contributed by atoms with van der Waals surface area (Å²) < 4.78 is 0. The lowest BCUT2D eigenvalue weighted by Crippen LogP contribution is -2.25. The molecular weight excluding hydrogens is 194 g/mol. The van der Waals surface area contributed by atoms with Crippen LogP contribution in [0.15, 0.2) is 24.3 Å². The second kappa shape index (κ2) is 5.43. The minimum Gasteiger partial charge on any atom is -0.329 e. The molecule has 0 aliphatic carbocycles. The summed E-state index contributed by atoms with van der Waals surface area (Å²) in [5, 5.41) is 13.7. The number of nitrogens with two attached hydrogens (primary N) is 1. The molecule has 3 N–H and O–H groups in total. The second-order valence-corrected chi connectivity index (χ2v) is 3.32. The van der Waals surface area contributed by atoms with Crippen molar-refractivity contribution < 1.29 is 4.92 Å². The Labute approximate surface area is 88.4 Å². The fraction of sp³-hybridized carbons (Fsp3) is 0.400. The lowest BCUT2D eigenvalue weighted by molar-refractivity contribution is -0.384. The summed E-state index contributed by atoms with van der Waals surface area (Å²) in [4.78, 5) is 10.2. The van der Waals surface area contributed by atoms with E-state index in [0.717, 1.165) is 5.56 Å². The average Bonchev–Trinajstić information content (AvgIpc) is 2.26. The molecule has 0 fully saturated rings. The van der Waals surface area contributed by atoms with Gasteiger partial charge in [-0.3, -0.25) is 10.1 Å². The highest BCUT2D eigenvalue weighted by Gasteiger charge is 2.09. The smallest absolute Gasteiger partial charge is 0.269 e. The molecule has 0 radical (unpaired) electrons. The number of benzene rings is 1. The van der Waals surface area contributed by atoms with Crippen molar-refractivity contribution in [2.24, 2.45) is 5.73 Å². The van der Waals surface area contributed by atoms with Crippen molar-refractivity contribution in [2.45, 2.75) is 13.0 Å². The minimum atomic E-state index is -0.390. The Hall–Kier alpha value is -1.46. The van der Waals surface area contributed by atoms with Crippen molar-refractivity contribution in [3.05, 3.63) is 39.9 Å². The van der Waals surface area contributed by atoms with E-state index in [1.807, 2.05) is 13.0 Å². The van der Waals surface area contributed by atoms with Gasteiger partial charge in [0.1, 0.15) is 0 Å². The maximum atomic E-state index is 10.6. The molecule has 0 aliphatic rings. The summed E-state index contributed by atoms with van der Waals surface area (Å²) in [6.07, 6.45) is 0. The topological polar surface area (TPSA) is 81.2 Å². The SMILES string of the molecule is CC(NCCN)c1cccc([N+](=O)[O-])c1. The molecule has 5 heteroatoms. The zero-order valence-corrected chi connectivity index (χ0v) is 8.64. The van der Waals surface area contributed by atoms with Crippen LogP contribution in [0.1, 0.15) is 18.5 Å². The van der Waals surface area contributed by atoms with Gasteiger partial charge in [0.15, 0.2) is 0 Å². The molecule has 1 aromatic carbocycles. The summed E-state index contributed by atoms with van der Waals surface area (Å²) in [5.41, 5.74) is 6.38. The Bertz CT molecular complexity index is 341. The second-order valence-electron chi connectivity index (χ2n) is 3.32. The number of nitro groups is 1. The van der Waals surface area contributed by atoms with Gasteiger partial charge in [0.2, 0.25) is 0 Å². The van der Waals surface area contributed by atoms with E-state index in [2.05, 4.69) is 5.32 Å². The number of hydrogen-bond acceptors (Lipinski definition) is 4. The van der Waals surface area contributed by atoms with Crippen molar-refractivity contribution in [1.29, 1.82) is 0 Å². The maximum absolute atomic E-state index is 10.6. The molecule has 1 rings (SSSR count). The number of nitrogens with zero attached hydrogens (tertiary/aromatic N) is 1. The van der Waals surface area contributed by atoms with E-state index in [1.165, 1.54) is 6.07 Å². The molecule has 0 aliphatic heterocycles. The van der Waals surface area contributed by atoms with Crippen molar-refractivity contribution in [3.8, 4) is 0 Å². The van der Waals surface area contributed by atoms with E-state index in [-0.39, 0.29) is 16.7 Å². The zero-order valence-electron chi connectivity index (χ0n) is 8.64. The van der Waals surface area contributed by atoms with Crippen LogP contribution in [-0.4, -0.2) is 18.0 Å². The summed E-state index contributed by atoms with van der Waals surface area (Å²) >= 11 is 0. The number of rotatable bonds is 5. The normalized spacial score (nSPS) is 12.4. The Morgan fingerprint density at radius 2 is 2.33 bits per heavy atom. The van der Waals surface area contributed by atoms with Gasteiger partial charge >= 0.3 is 0 Å². The molecule has 15 heavy (non-hydrogen) atoms. The molecule has 5 nitrogen and oxygen atoms in total. The Balaban J connectivity index is 2.76. The van der Waals surface area contributed by atoms with E-state index in [9.17, 15) is 10.1 Å². The largest absolute Gasteiger partial charge is 0.329 e. The fourth-order valence-corrected chi connectivity index (χ4v) is 1.33. The molecule has 0 bridgehead atoms. The summed E-state index contributed by atoms with van der Waals surface area (Å²) in [6, 6.07) is 6.69. The van der Waals surface area contributed by atoms with E-state index < -0.39 is 0 Å². The van der Waals surface area contributed by atoms with Crippen LogP contribution in [0.25, 0.3) is 0 Å². The highest BCUT2D eigenvalue weighted by atomic mass is 16.6. The van der Waals surface area contributed by atoms with E-state index in [4.69, 9.17) is 5.73 Å². The predicted molar refractivity (Wildman–Crippen MR) is 58.6 cm³/mol. The van der Waals surface area contributed by atoms with E-state index in [0.29, 0.717) is 13.1 Å². The van der Waals surface area contributed by atoms with Gasteiger partial charge in [-0.15, -0.1) is 0 Å². The quantitative estimate of drug-likeness (QED) is 0.564. The van der Waals surface area contributed by atoms with Gasteiger partial charge in [0.05, 0.1) is 4.92 Å². The standard InChI is InChI=1S/C10H15N3O2/c1-8(12-6-5-11)9-3-2-4-10(7-9)13(14)15/h2-4,7-8,12H,5-6,11H2,1H3. The van der Waals surface area contributed by atoms with Crippen molar-refractivity contribution >= 4 is 5.69 Å². The van der Waals surface area contributed by atoms with Gasteiger partial charge in [-0.1, -0.05) is 12.1 Å². The van der Waals surface area contributed by atoms with Gasteiger partial charge in [-0.25, -0.2) is 0 Å². The Morgan fingerprint density at radius 3 is 2.93 bits per heavy atom. The minimum absolute atomic E-state index is 0.0773. The van der Waals surface area contributed by atoms with Crippen LogP contribution in [0.4, 0.5) is 5.69 Å². The summed E-state index contributed by atoms with van der Waals surface area (Å²) in [5.74, 6) is 0. The Morgan fingerprint density at radius 1 is 1.60 bits per heavy atom. The van der Waals surface area contributed by atoms with Crippen molar-refractivity contribution in [2.75, 3.05) is 13.1 Å². The molecule has 0 heterocycles. The first-order chi connectivity index (χ1) is 7.15. The molecule has 0 amide bonds. The van der Waals surface area contributed by atoms with Gasteiger partial charge < -0.3 is 11.1 Å². The Kier molecular flexibility index (Phi) is 4.20. The highest BCUT2D eigenvalue weighted by Crippen LogP contribution is 2.18.